The molecule has 0 aromatic heterocycles. The number of hydrogen-bond donors (Lipinski definition) is 0. The average molecular weight is 124 g/mol. The van der Waals surface area contributed by atoms with Gasteiger partial charge in [0.1, 0.15) is 0 Å². The van der Waals surface area contributed by atoms with E-state index in [9.17, 15) is 0 Å². The summed E-state index contributed by atoms with van der Waals surface area (Å²) in [5, 5.41) is 8.45. The maximum atomic E-state index is 8.45. The minimum absolute atomic E-state index is 0.828. The molecule has 0 aromatic carbocycles. The topological polar surface area (TPSA) is 27.0 Å². The summed E-state index contributed by atoms with van der Waals surface area (Å²) in [5.74, 6) is 0.828. The van der Waals surface area contributed by atoms with Crippen molar-refractivity contribution in [2.45, 2.75) is 19.8 Å². The molecule has 0 aliphatic carbocycles. The van der Waals surface area contributed by atoms with Crippen LogP contribution in [-0.2, 0) is 0 Å². The van der Waals surface area contributed by atoms with Gasteiger partial charge in [0, 0.05) is 13.1 Å². The van der Waals surface area contributed by atoms with Crippen LogP contribution in [0, 0.1) is 17.4 Å². The highest BCUT2D eigenvalue weighted by atomic mass is 15.1. The standard InChI is InChI=1S/C7H12N2/c1-7-2-4-9(6-8)5-3-7/h7H,2-5H2,1H3. The summed E-state index contributed by atoms with van der Waals surface area (Å²) in [6.07, 6.45) is 4.53. The first kappa shape index (κ1) is 6.41. The second kappa shape index (κ2) is 2.72. The molecule has 0 amide bonds. The summed E-state index contributed by atoms with van der Waals surface area (Å²) in [6, 6.07) is 0. The molecule has 1 heterocycles. The second-order valence-corrected chi connectivity index (χ2v) is 2.77. The smallest absolute Gasteiger partial charge is 0.179 e. The number of nitrogens with zero attached hydrogens (tertiary/aromatic N) is 2. The molecule has 1 fully saturated rings. The van der Waals surface area contributed by atoms with Crippen LogP contribution in [0.3, 0.4) is 0 Å². The Bertz CT molecular complexity index is 117. The lowest BCUT2D eigenvalue weighted by Crippen LogP contribution is -2.28. The van der Waals surface area contributed by atoms with E-state index in [0.717, 1.165) is 19.0 Å². The highest BCUT2D eigenvalue weighted by Gasteiger charge is 2.12. The van der Waals surface area contributed by atoms with Crippen molar-refractivity contribution in [1.29, 1.82) is 5.26 Å². The largest absolute Gasteiger partial charge is 0.311 e. The van der Waals surface area contributed by atoms with Crippen LogP contribution in [0.2, 0.25) is 0 Å². The van der Waals surface area contributed by atoms with Crippen molar-refractivity contribution in [3.63, 3.8) is 0 Å². The molecule has 1 aliphatic rings. The minimum atomic E-state index is 0.828. The fourth-order valence-electron chi connectivity index (χ4n) is 1.11. The Balaban J connectivity index is 2.28. The molecule has 0 atom stereocenters. The fourth-order valence-corrected chi connectivity index (χ4v) is 1.11. The first-order valence-electron chi connectivity index (χ1n) is 3.47. The molecule has 1 rings (SSSR count). The monoisotopic (exact) mass is 124 g/mol. The molecule has 2 nitrogen and oxygen atoms in total. The van der Waals surface area contributed by atoms with Crippen molar-refractivity contribution >= 4 is 0 Å². The summed E-state index contributed by atoms with van der Waals surface area (Å²) >= 11 is 0. The van der Waals surface area contributed by atoms with Gasteiger partial charge < -0.3 is 4.90 Å². The van der Waals surface area contributed by atoms with Crippen molar-refractivity contribution < 1.29 is 0 Å². The van der Waals surface area contributed by atoms with Gasteiger partial charge in [0.2, 0.25) is 0 Å². The van der Waals surface area contributed by atoms with Crippen LogP contribution >= 0.6 is 0 Å². The van der Waals surface area contributed by atoms with E-state index in [-0.39, 0.29) is 0 Å². The van der Waals surface area contributed by atoms with Gasteiger partial charge in [-0.2, -0.15) is 5.26 Å². The lowest BCUT2D eigenvalue weighted by atomic mass is 10.00. The Morgan fingerprint density at radius 2 is 2.00 bits per heavy atom. The number of hydrogen-bond acceptors (Lipinski definition) is 2. The SMILES string of the molecule is CC1CCN(C#N)CC1. The third kappa shape index (κ3) is 1.60. The van der Waals surface area contributed by atoms with Crippen LogP contribution in [0.4, 0.5) is 0 Å². The molecule has 0 unspecified atom stereocenters. The Hall–Kier alpha value is -0.710. The molecule has 9 heavy (non-hydrogen) atoms. The van der Waals surface area contributed by atoms with Gasteiger partial charge in [-0.3, -0.25) is 0 Å². The fraction of sp³-hybridized carbons (Fsp3) is 0.857. The van der Waals surface area contributed by atoms with Crippen LogP contribution in [0.5, 0.6) is 0 Å². The molecule has 1 saturated heterocycles. The predicted molar refractivity (Wildman–Crippen MR) is 35.6 cm³/mol. The van der Waals surface area contributed by atoms with Crippen LogP contribution in [-0.4, -0.2) is 18.0 Å². The summed E-state index contributed by atoms with van der Waals surface area (Å²) in [7, 11) is 0. The van der Waals surface area contributed by atoms with Crippen molar-refractivity contribution in [2.24, 2.45) is 5.92 Å². The molecular weight excluding hydrogens is 112 g/mol. The highest BCUT2D eigenvalue weighted by Crippen LogP contribution is 2.14. The van der Waals surface area contributed by atoms with E-state index in [1.54, 1.807) is 0 Å². The van der Waals surface area contributed by atoms with Crippen LogP contribution in [0.15, 0.2) is 0 Å². The van der Waals surface area contributed by atoms with Crippen LogP contribution < -0.4 is 0 Å². The molecule has 50 valence electrons. The molecule has 0 N–H and O–H groups in total. The molecule has 0 saturated carbocycles. The Morgan fingerprint density at radius 3 is 2.44 bits per heavy atom. The lowest BCUT2D eigenvalue weighted by Gasteiger charge is -2.24. The zero-order valence-electron chi connectivity index (χ0n) is 5.80. The van der Waals surface area contributed by atoms with Crippen LogP contribution in [0.25, 0.3) is 0 Å². The molecular formula is C7H12N2. The van der Waals surface area contributed by atoms with Crippen molar-refractivity contribution in [3.8, 4) is 6.19 Å². The van der Waals surface area contributed by atoms with Gasteiger partial charge in [-0.05, 0) is 18.8 Å². The summed E-state index contributed by atoms with van der Waals surface area (Å²) < 4.78 is 0. The zero-order chi connectivity index (χ0) is 6.69. The van der Waals surface area contributed by atoms with E-state index in [0.29, 0.717) is 0 Å². The van der Waals surface area contributed by atoms with Gasteiger partial charge in [-0.15, -0.1) is 0 Å². The van der Waals surface area contributed by atoms with E-state index >= 15 is 0 Å². The third-order valence-corrected chi connectivity index (χ3v) is 1.93. The number of piperidine rings is 1. The van der Waals surface area contributed by atoms with Gasteiger partial charge in [0.05, 0.1) is 0 Å². The number of rotatable bonds is 0. The second-order valence-electron chi connectivity index (χ2n) is 2.77. The van der Waals surface area contributed by atoms with Gasteiger partial charge in [-0.1, -0.05) is 6.92 Å². The van der Waals surface area contributed by atoms with E-state index < -0.39 is 0 Å². The Morgan fingerprint density at radius 1 is 1.44 bits per heavy atom. The Labute approximate surface area is 56.1 Å². The predicted octanol–water partition coefficient (Wildman–Crippen LogP) is 1.20. The van der Waals surface area contributed by atoms with Crippen LogP contribution in [0.1, 0.15) is 19.8 Å². The maximum absolute atomic E-state index is 8.45. The van der Waals surface area contributed by atoms with Gasteiger partial charge in [0.15, 0.2) is 6.19 Å². The molecule has 0 aromatic rings. The molecule has 2 heteroatoms. The summed E-state index contributed by atoms with van der Waals surface area (Å²) in [6.45, 7) is 4.18. The zero-order valence-corrected chi connectivity index (χ0v) is 5.80. The van der Waals surface area contributed by atoms with Gasteiger partial charge in [-0.25, -0.2) is 0 Å². The number of nitriles is 1. The van der Waals surface area contributed by atoms with E-state index in [1.807, 2.05) is 4.90 Å². The normalized spacial score (nSPS) is 21.6. The van der Waals surface area contributed by atoms with E-state index in [2.05, 4.69) is 13.1 Å². The highest BCUT2D eigenvalue weighted by molar-refractivity contribution is 4.78. The van der Waals surface area contributed by atoms with Gasteiger partial charge in [0.25, 0.3) is 0 Å². The molecule has 0 bridgehead atoms. The Kier molecular flexibility index (Phi) is 1.94. The van der Waals surface area contributed by atoms with Crippen molar-refractivity contribution in [2.75, 3.05) is 13.1 Å². The van der Waals surface area contributed by atoms with E-state index in [4.69, 9.17) is 5.26 Å². The van der Waals surface area contributed by atoms with Gasteiger partial charge >= 0.3 is 0 Å². The summed E-state index contributed by atoms with van der Waals surface area (Å²) in [4.78, 5) is 1.83. The first-order valence-corrected chi connectivity index (χ1v) is 3.47. The number of likely N-dealkylation sites (tertiary alicyclic amines) is 1. The lowest BCUT2D eigenvalue weighted by molar-refractivity contribution is 0.265. The van der Waals surface area contributed by atoms with Crippen molar-refractivity contribution in [1.82, 2.24) is 4.90 Å². The molecule has 0 radical (unpaired) electrons. The third-order valence-electron chi connectivity index (χ3n) is 1.93. The molecule has 0 spiro atoms. The molecule has 1 aliphatic heterocycles. The summed E-state index contributed by atoms with van der Waals surface area (Å²) in [5.41, 5.74) is 0. The van der Waals surface area contributed by atoms with Crippen molar-refractivity contribution in [3.05, 3.63) is 0 Å². The maximum Gasteiger partial charge on any atom is 0.179 e. The van der Waals surface area contributed by atoms with E-state index in [1.165, 1.54) is 12.8 Å². The first-order chi connectivity index (χ1) is 4.33. The average Bonchev–Trinajstić information content (AvgIpc) is 1.90. The quantitative estimate of drug-likeness (QED) is 0.454. The minimum Gasteiger partial charge on any atom is -0.311 e.